The molecule has 0 aromatic heterocycles. The second kappa shape index (κ2) is 4.79. The molecule has 0 atom stereocenters. The summed E-state index contributed by atoms with van der Waals surface area (Å²) in [5.41, 5.74) is 0. The summed E-state index contributed by atoms with van der Waals surface area (Å²) in [6.07, 6.45) is 6.82. The summed E-state index contributed by atoms with van der Waals surface area (Å²) in [5, 5.41) is 3.24. The van der Waals surface area contributed by atoms with E-state index < -0.39 is 0 Å². The molecule has 0 spiro atoms. The second-order valence-corrected chi connectivity index (χ2v) is 4.64. The Morgan fingerprint density at radius 1 is 1.40 bits per heavy atom. The Hall–Kier alpha value is -0.830. The van der Waals surface area contributed by atoms with E-state index in [1.807, 2.05) is 11.0 Å². The third-order valence-electron chi connectivity index (χ3n) is 3.04. The first-order valence-corrected chi connectivity index (χ1v) is 5.92. The lowest BCUT2D eigenvalue weighted by atomic mass is 10.4. The predicted molar refractivity (Wildman–Crippen MR) is 60.5 cm³/mol. The molecule has 0 bridgehead atoms. The van der Waals surface area contributed by atoms with E-state index in [4.69, 9.17) is 0 Å². The van der Waals surface area contributed by atoms with Gasteiger partial charge in [0.25, 0.3) is 0 Å². The molecule has 2 fully saturated rings. The van der Waals surface area contributed by atoms with Crippen LogP contribution in [0.15, 0.2) is 12.7 Å². The molecule has 0 heterocycles. The van der Waals surface area contributed by atoms with Gasteiger partial charge in [-0.1, -0.05) is 6.08 Å². The van der Waals surface area contributed by atoms with E-state index in [0.29, 0.717) is 19.1 Å². The fourth-order valence-electron chi connectivity index (χ4n) is 1.79. The molecule has 0 aliphatic heterocycles. The average molecular weight is 208 g/mol. The summed E-state index contributed by atoms with van der Waals surface area (Å²) < 4.78 is 0. The fourth-order valence-corrected chi connectivity index (χ4v) is 1.79. The Morgan fingerprint density at radius 3 is 2.67 bits per heavy atom. The van der Waals surface area contributed by atoms with Crippen LogP contribution in [0.2, 0.25) is 0 Å². The van der Waals surface area contributed by atoms with E-state index in [2.05, 4.69) is 11.9 Å². The van der Waals surface area contributed by atoms with Crippen molar-refractivity contribution >= 4 is 5.91 Å². The minimum absolute atomic E-state index is 0.234. The molecule has 15 heavy (non-hydrogen) atoms. The van der Waals surface area contributed by atoms with Crippen molar-refractivity contribution in [2.24, 2.45) is 5.92 Å². The van der Waals surface area contributed by atoms with Crippen molar-refractivity contribution in [2.75, 3.05) is 19.6 Å². The molecule has 3 heteroatoms. The van der Waals surface area contributed by atoms with E-state index in [9.17, 15) is 4.79 Å². The molecule has 0 aromatic carbocycles. The third kappa shape index (κ3) is 3.34. The second-order valence-electron chi connectivity index (χ2n) is 4.64. The first-order chi connectivity index (χ1) is 7.31. The van der Waals surface area contributed by atoms with Crippen molar-refractivity contribution in [1.29, 1.82) is 0 Å². The van der Waals surface area contributed by atoms with Crippen LogP contribution in [-0.2, 0) is 4.79 Å². The molecule has 2 aliphatic rings. The van der Waals surface area contributed by atoms with Crippen molar-refractivity contribution in [1.82, 2.24) is 10.2 Å². The highest BCUT2D eigenvalue weighted by molar-refractivity contribution is 5.79. The van der Waals surface area contributed by atoms with E-state index in [0.717, 1.165) is 12.5 Å². The maximum absolute atomic E-state index is 11.8. The molecule has 1 amide bonds. The molecule has 0 radical (unpaired) electrons. The number of rotatable bonds is 7. The average Bonchev–Trinajstić information content (AvgIpc) is 3.05. The summed E-state index contributed by atoms with van der Waals surface area (Å²) in [6.45, 7) is 5.91. The van der Waals surface area contributed by atoms with Crippen molar-refractivity contribution < 1.29 is 4.79 Å². The van der Waals surface area contributed by atoms with Gasteiger partial charge in [0.05, 0.1) is 6.54 Å². The molecular formula is C12H20N2O. The van der Waals surface area contributed by atoms with Gasteiger partial charge < -0.3 is 10.2 Å². The Balaban J connectivity index is 1.68. The third-order valence-corrected chi connectivity index (χ3v) is 3.04. The lowest BCUT2D eigenvalue weighted by molar-refractivity contribution is -0.130. The predicted octanol–water partition coefficient (Wildman–Crippen LogP) is 1.16. The quantitative estimate of drug-likeness (QED) is 0.637. The number of hydrogen-bond acceptors (Lipinski definition) is 2. The fraction of sp³-hybridized carbons (Fsp3) is 0.750. The van der Waals surface area contributed by atoms with Gasteiger partial charge >= 0.3 is 0 Å². The Kier molecular flexibility index (Phi) is 3.41. The minimum atomic E-state index is 0.234. The van der Waals surface area contributed by atoms with Crippen molar-refractivity contribution in [3.63, 3.8) is 0 Å². The first kappa shape index (κ1) is 10.7. The topological polar surface area (TPSA) is 32.3 Å². The molecule has 0 aromatic rings. The molecule has 2 saturated carbocycles. The number of nitrogens with one attached hydrogen (secondary N) is 1. The highest BCUT2D eigenvalue weighted by atomic mass is 16.2. The van der Waals surface area contributed by atoms with Gasteiger partial charge in [-0.05, 0) is 38.1 Å². The number of nitrogens with zero attached hydrogens (tertiary/aromatic N) is 1. The zero-order valence-corrected chi connectivity index (χ0v) is 9.24. The number of carbonyl (C=O) groups is 1. The molecule has 84 valence electrons. The lowest BCUT2D eigenvalue weighted by Crippen LogP contribution is -2.40. The van der Waals surface area contributed by atoms with Gasteiger partial charge in [-0.3, -0.25) is 4.79 Å². The summed E-state index contributed by atoms with van der Waals surface area (Å²) in [6, 6.07) is 0.498. The number of hydrogen-bond donors (Lipinski definition) is 1. The van der Waals surface area contributed by atoms with Crippen molar-refractivity contribution in [3.8, 4) is 0 Å². The van der Waals surface area contributed by atoms with Crippen LogP contribution in [0.1, 0.15) is 25.7 Å². The van der Waals surface area contributed by atoms with E-state index in [1.54, 1.807) is 0 Å². The number of amides is 1. The van der Waals surface area contributed by atoms with Crippen LogP contribution in [-0.4, -0.2) is 36.5 Å². The number of carbonyl (C=O) groups excluding carboxylic acids is 1. The molecule has 2 aliphatic carbocycles. The zero-order valence-electron chi connectivity index (χ0n) is 9.24. The summed E-state index contributed by atoms with van der Waals surface area (Å²) in [5.74, 6) is 1.07. The first-order valence-electron chi connectivity index (χ1n) is 5.92. The highest BCUT2D eigenvalue weighted by Gasteiger charge is 2.31. The van der Waals surface area contributed by atoms with Crippen LogP contribution in [0.25, 0.3) is 0 Å². The Morgan fingerprint density at radius 2 is 2.13 bits per heavy atom. The zero-order chi connectivity index (χ0) is 10.7. The standard InChI is InChI=1S/C12H20N2O/c1-2-7-14(11-5-6-11)12(15)9-13-8-10-3-4-10/h2,10-11,13H,1,3-9H2. The Bertz CT molecular complexity index is 244. The maximum Gasteiger partial charge on any atom is 0.237 e. The van der Waals surface area contributed by atoms with Gasteiger partial charge in [0, 0.05) is 12.6 Å². The van der Waals surface area contributed by atoms with E-state index in [-0.39, 0.29) is 5.91 Å². The largest absolute Gasteiger partial charge is 0.335 e. The molecule has 3 nitrogen and oxygen atoms in total. The lowest BCUT2D eigenvalue weighted by Gasteiger charge is -2.20. The molecule has 1 N–H and O–H groups in total. The van der Waals surface area contributed by atoms with Gasteiger partial charge in [-0.25, -0.2) is 0 Å². The Labute approximate surface area is 91.5 Å². The van der Waals surface area contributed by atoms with Crippen LogP contribution >= 0.6 is 0 Å². The molecule has 0 unspecified atom stereocenters. The van der Waals surface area contributed by atoms with Gasteiger partial charge in [-0.2, -0.15) is 0 Å². The molecule has 0 saturated heterocycles. The van der Waals surface area contributed by atoms with Crippen LogP contribution < -0.4 is 5.32 Å². The van der Waals surface area contributed by atoms with Gasteiger partial charge in [0.15, 0.2) is 0 Å². The monoisotopic (exact) mass is 208 g/mol. The van der Waals surface area contributed by atoms with Gasteiger partial charge in [0.2, 0.25) is 5.91 Å². The van der Waals surface area contributed by atoms with E-state index in [1.165, 1.54) is 25.7 Å². The highest BCUT2D eigenvalue weighted by Crippen LogP contribution is 2.28. The smallest absolute Gasteiger partial charge is 0.237 e. The molecular weight excluding hydrogens is 188 g/mol. The van der Waals surface area contributed by atoms with Crippen LogP contribution in [0, 0.1) is 5.92 Å². The van der Waals surface area contributed by atoms with Gasteiger partial charge in [-0.15, -0.1) is 6.58 Å². The van der Waals surface area contributed by atoms with Crippen LogP contribution in [0.4, 0.5) is 0 Å². The van der Waals surface area contributed by atoms with Crippen molar-refractivity contribution in [2.45, 2.75) is 31.7 Å². The normalized spacial score (nSPS) is 20.0. The molecule has 2 rings (SSSR count). The maximum atomic E-state index is 11.8. The summed E-state index contributed by atoms with van der Waals surface area (Å²) in [4.78, 5) is 13.8. The van der Waals surface area contributed by atoms with Gasteiger partial charge in [0.1, 0.15) is 0 Å². The van der Waals surface area contributed by atoms with Crippen LogP contribution in [0.3, 0.4) is 0 Å². The summed E-state index contributed by atoms with van der Waals surface area (Å²) in [7, 11) is 0. The summed E-state index contributed by atoms with van der Waals surface area (Å²) >= 11 is 0. The SMILES string of the molecule is C=CCN(C(=O)CNCC1CC1)C1CC1. The minimum Gasteiger partial charge on any atom is -0.335 e. The van der Waals surface area contributed by atoms with Crippen LogP contribution in [0.5, 0.6) is 0 Å². The van der Waals surface area contributed by atoms with Crippen molar-refractivity contribution in [3.05, 3.63) is 12.7 Å². The van der Waals surface area contributed by atoms with E-state index >= 15 is 0 Å².